The summed E-state index contributed by atoms with van der Waals surface area (Å²) in [6.45, 7) is -0.210. The Bertz CT molecular complexity index is 1190. The van der Waals surface area contributed by atoms with Gasteiger partial charge in [0.1, 0.15) is 23.3 Å². The first-order chi connectivity index (χ1) is 15.6. The van der Waals surface area contributed by atoms with Crippen LogP contribution in [-0.4, -0.2) is 70.1 Å². The molecule has 0 unspecified atom stereocenters. The fourth-order valence-corrected chi connectivity index (χ4v) is 4.66. The highest BCUT2D eigenvalue weighted by Crippen LogP contribution is 2.36. The molecule has 5 N–H and O–H groups in total. The third kappa shape index (κ3) is 3.96. The zero-order valence-corrected chi connectivity index (χ0v) is 17.5. The van der Waals surface area contributed by atoms with E-state index in [-0.39, 0.29) is 6.61 Å². The minimum Gasteiger partial charge on any atom is -0.396 e. The molecule has 1 saturated carbocycles. The lowest BCUT2D eigenvalue weighted by molar-refractivity contribution is 0.00446. The first-order valence-corrected chi connectivity index (χ1v) is 10.8. The Morgan fingerprint density at radius 3 is 2.62 bits per heavy atom. The van der Waals surface area contributed by atoms with Crippen LogP contribution in [0.2, 0.25) is 0 Å². The van der Waals surface area contributed by atoms with Crippen molar-refractivity contribution in [2.24, 2.45) is 5.92 Å². The second kappa shape index (κ2) is 8.67. The van der Waals surface area contributed by atoms with Crippen LogP contribution in [0.5, 0.6) is 0 Å². The number of aliphatic hydroxyl groups is 3. The summed E-state index contributed by atoms with van der Waals surface area (Å²) < 4.78 is 0.925. The lowest BCUT2D eigenvalue weighted by Gasteiger charge is -2.20. The number of pyridine rings is 1. The largest absolute Gasteiger partial charge is 0.396 e. The first kappa shape index (κ1) is 20.6. The number of rotatable bonds is 6. The van der Waals surface area contributed by atoms with Crippen molar-refractivity contribution in [1.29, 1.82) is 0 Å². The SMILES string of the molecule is OC[C@H]1C[C@@H](Nc2nc(Nc3cncnc3)ncc2-c2nc3ccncc3s2)[C@H](O)[C@@H]1O. The minimum atomic E-state index is -1.05. The van der Waals surface area contributed by atoms with Crippen LogP contribution in [0.25, 0.3) is 20.8 Å². The Hall–Kier alpha value is -3.32. The molecule has 32 heavy (non-hydrogen) atoms. The predicted molar refractivity (Wildman–Crippen MR) is 118 cm³/mol. The molecular formula is C20H20N8O3S. The van der Waals surface area contributed by atoms with Crippen molar-refractivity contribution in [3.8, 4) is 10.6 Å². The molecule has 164 valence electrons. The van der Waals surface area contributed by atoms with Crippen LogP contribution < -0.4 is 10.6 Å². The molecule has 4 aromatic rings. The molecule has 4 heterocycles. The van der Waals surface area contributed by atoms with Gasteiger partial charge < -0.3 is 26.0 Å². The van der Waals surface area contributed by atoms with Crippen LogP contribution in [0, 0.1) is 5.92 Å². The van der Waals surface area contributed by atoms with Crippen LogP contribution in [0.15, 0.2) is 43.4 Å². The molecule has 0 bridgehead atoms. The van der Waals surface area contributed by atoms with Crippen molar-refractivity contribution < 1.29 is 15.3 Å². The molecule has 0 radical (unpaired) electrons. The van der Waals surface area contributed by atoms with E-state index >= 15 is 0 Å². The van der Waals surface area contributed by atoms with Crippen molar-refractivity contribution in [2.75, 3.05) is 17.2 Å². The van der Waals surface area contributed by atoms with E-state index in [0.29, 0.717) is 34.4 Å². The highest BCUT2D eigenvalue weighted by atomic mass is 32.1. The summed E-state index contributed by atoms with van der Waals surface area (Å²) in [5, 5.41) is 37.2. The average molecular weight is 453 g/mol. The normalized spacial score (nSPS) is 22.8. The third-order valence-electron chi connectivity index (χ3n) is 5.39. The molecule has 0 amide bonds. The van der Waals surface area contributed by atoms with Crippen LogP contribution in [0.1, 0.15) is 6.42 Å². The van der Waals surface area contributed by atoms with E-state index in [0.717, 1.165) is 10.2 Å². The molecule has 11 nitrogen and oxygen atoms in total. The van der Waals surface area contributed by atoms with Crippen molar-refractivity contribution in [2.45, 2.75) is 24.7 Å². The zero-order valence-electron chi connectivity index (χ0n) is 16.7. The number of nitrogens with one attached hydrogen (secondary N) is 2. The molecule has 4 atom stereocenters. The van der Waals surface area contributed by atoms with E-state index < -0.39 is 24.2 Å². The molecular weight excluding hydrogens is 432 g/mol. The van der Waals surface area contributed by atoms with Gasteiger partial charge in [0, 0.05) is 31.1 Å². The van der Waals surface area contributed by atoms with Gasteiger partial charge in [0.15, 0.2) is 0 Å². The van der Waals surface area contributed by atoms with E-state index in [1.165, 1.54) is 17.7 Å². The van der Waals surface area contributed by atoms with Crippen molar-refractivity contribution >= 4 is 39.0 Å². The van der Waals surface area contributed by atoms with Gasteiger partial charge in [0.2, 0.25) is 5.95 Å². The first-order valence-electron chi connectivity index (χ1n) is 9.96. The number of hydrogen-bond acceptors (Lipinski definition) is 12. The molecule has 1 fully saturated rings. The van der Waals surface area contributed by atoms with Gasteiger partial charge in [-0.3, -0.25) is 4.98 Å². The highest BCUT2D eigenvalue weighted by molar-refractivity contribution is 7.21. The van der Waals surface area contributed by atoms with Gasteiger partial charge in [-0.25, -0.2) is 19.9 Å². The Labute approximate surface area is 186 Å². The summed E-state index contributed by atoms with van der Waals surface area (Å²) in [5.41, 5.74) is 2.08. The standard InChI is InChI=1S/C20H20N8O3S/c29-8-10-3-14(17(31)16(10)30)26-18-12(19-27-13-1-2-21-7-15(13)32-19)6-24-20(28-18)25-11-4-22-9-23-5-11/h1-2,4-7,9-10,14,16-17,29-31H,3,8H2,(H2,24,25,26,28)/t10-,14-,16-,17+/m1/s1. The number of nitrogens with zero attached hydrogens (tertiary/aromatic N) is 6. The molecule has 5 rings (SSSR count). The molecule has 0 spiro atoms. The second-order valence-electron chi connectivity index (χ2n) is 7.48. The summed E-state index contributed by atoms with van der Waals surface area (Å²) in [6, 6.07) is 1.33. The van der Waals surface area contributed by atoms with Crippen LogP contribution in [-0.2, 0) is 0 Å². The number of fused-ring (bicyclic) bond motifs is 1. The maximum Gasteiger partial charge on any atom is 0.229 e. The maximum atomic E-state index is 10.5. The van der Waals surface area contributed by atoms with Crippen LogP contribution in [0.4, 0.5) is 17.5 Å². The molecule has 4 aromatic heterocycles. The third-order valence-corrected chi connectivity index (χ3v) is 6.42. The second-order valence-corrected chi connectivity index (χ2v) is 8.51. The van der Waals surface area contributed by atoms with Gasteiger partial charge in [0.25, 0.3) is 0 Å². The molecule has 0 aromatic carbocycles. The lowest BCUT2D eigenvalue weighted by Crippen LogP contribution is -2.35. The monoisotopic (exact) mass is 452 g/mol. The summed E-state index contributed by atoms with van der Waals surface area (Å²) in [4.78, 5) is 25.7. The Morgan fingerprint density at radius 2 is 1.88 bits per heavy atom. The summed E-state index contributed by atoms with van der Waals surface area (Å²) in [7, 11) is 0. The smallest absolute Gasteiger partial charge is 0.229 e. The molecule has 12 heteroatoms. The predicted octanol–water partition coefficient (Wildman–Crippen LogP) is 1.20. The highest BCUT2D eigenvalue weighted by Gasteiger charge is 2.41. The molecule has 0 saturated heterocycles. The number of hydrogen-bond donors (Lipinski definition) is 5. The van der Waals surface area contributed by atoms with Gasteiger partial charge >= 0.3 is 0 Å². The Kier molecular flexibility index (Phi) is 5.57. The van der Waals surface area contributed by atoms with Gasteiger partial charge in [-0.1, -0.05) is 0 Å². The van der Waals surface area contributed by atoms with E-state index in [4.69, 9.17) is 0 Å². The maximum absolute atomic E-state index is 10.5. The molecule has 1 aliphatic carbocycles. The fraction of sp³-hybridized carbons (Fsp3) is 0.300. The molecule has 1 aliphatic rings. The van der Waals surface area contributed by atoms with E-state index in [1.54, 1.807) is 31.0 Å². The van der Waals surface area contributed by atoms with E-state index in [1.807, 2.05) is 6.07 Å². The van der Waals surface area contributed by atoms with Gasteiger partial charge in [0.05, 0.1) is 46.0 Å². The zero-order chi connectivity index (χ0) is 22.1. The fourth-order valence-electron chi connectivity index (χ4n) is 3.72. The number of thiazole rings is 1. The van der Waals surface area contributed by atoms with Crippen molar-refractivity contribution in [3.05, 3.63) is 43.4 Å². The van der Waals surface area contributed by atoms with Crippen LogP contribution >= 0.6 is 11.3 Å². The number of anilines is 3. The van der Waals surface area contributed by atoms with Crippen LogP contribution in [0.3, 0.4) is 0 Å². The number of aliphatic hydroxyl groups excluding tert-OH is 3. The van der Waals surface area contributed by atoms with Crippen molar-refractivity contribution in [1.82, 2.24) is 29.9 Å². The van der Waals surface area contributed by atoms with Gasteiger partial charge in [-0.15, -0.1) is 11.3 Å². The van der Waals surface area contributed by atoms with Crippen molar-refractivity contribution in [3.63, 3.8) is 0 Å². The minimum absolute atomic E-state index is 0.210. The topological polar surface area (TPSA) is 162 Å². The average Bonchev–Trinajstić information content (AvgIpc) is 3.36. The van der Waals surface area contributed by atoms with Gasteiger partial charge in [-0.2, -0.15) is 4.98 Å². The summed E-state index contributed by atoms with van der Waals surface area (Å²) >= 11 is 1.45. The lowest BCUT2D eigenvalue weighted by atomic mass is 10.1. The van der Waals surface area contributed by atoms with E-state index in [2.05, 4.69) is 40.5 Å². The van der Waals surface area contributed by atoms with E-state index in [9.17, 15) is 15.3 Å². The Morgan fingerprint density at radius 1 is 1.03 bits per heavy atom. The van der Waals surface area contributed by atoms with Gasteiger partial charge in [-0.05, 0) is 12.5 Å². The Balaban J connectivity index is 1.52. The molecule has 0 aliphatic heterocycles. The number of aromatic nitrogens is 6. The quantitative estimate of drug-likeness (QED) is 0.286. The summed E-state index contributed by atoms with van der Waals surface area (Å²) in [6.07, 6.45) is 8.02. The summed E-state index contributed by atoms with van der Waals surface area (Å²) in [5.74, 6) is 0.335.